The van der Waals surface area contributed by atoms with Crippen LogP contribution >= 0.6 is 0 Å². The average molecular weight is 233 g/mol. The molecule has 0 unspecified atom stereocenters. The van der Waals surface area contributed by atoms with Crippen LogP contribution in [-0.2, 0) is 14.9 Å². The predicted molar refractivity (Wildman–Crippen MR) is 44.5 cm³/mol. The van der Waals surface area contributed by atoms with Crippen molar-refractivity contribution in [3.05, 3.63) is 0 Å². The van der Waals surface area contributed by atoms with Gasteiger partial charge >= 0.3 is 103 Å². The number of hydrogen-bond donors (Lipinski definition) is 2. The van der Waals surface area contributed by atoms with Crippen LogP contribution in [0.3, 0.4) is 0 Å². The van der Waals surface area contributed by atoms with E-state index in [0.29, 0.717) is 0 Å². The van der Waals surface area contributed by atoms with Crippen LogP contribution in [0.2, 0.25) is 0 Å². The Balaban J connectivity index is -0.000000320. The van der Waals surface area contributed by atoms with Crippen molar-refractivity contribution in [1.29, 1.82) is 0 Å². The molecule has 58 valence electrons. The van der Waals surface area contributed by atoms with Gasteiger partial charge in [-0.05, 0) is 0 Å². The van der Waals surface area contributed by atoms with Crippen molar-refractivity contribution in [1.82, 2.24) is 0 Å². The van der Waals surface area contributed by atoms with Gasteiger partial charge in [0.15, 0.2) is 0 Å². The van der Waals surface area contributed by atoms with E-state index in [1.165, 1.54) is 0 Å². The molecule has 1 amide bonds. The summed E-state index contributed by atoms with van der Waals surface area (Å²) in [5.74, 6) is -1.34. The van der Waals surface area contributed by atoms with Gasteiger partial charge in [-0.2, -0.15) is 8.42 Å². The number of rotatable bonds is 3. The molecule has 0 saturated carbocycles. The second kappa shape index (κ2) is 9.22. The molecule has 0 aliphatic rings. The minimum absolute atomic E-state index is 0. The first-order valence-corrected chi connectivity index (χ1v) is 3.76. The number of nitrogens with two attached hydrogens (primary N) is 1. The van der Waals surface area contributed by atoms with Gasteiger partial charge in [0.05, 0.1) is 5.75 Å². The summed E-state index contributed by atoms with van der Waals surface area (Å²) in [6.45, 7) is 0. The van der Waals surface area contributed by atoms with Crippen LogP contribution in [0, 0.1) is 0 Å². The molecule has 5 nitrogen and oxygen atoms in total. The molecule has 3 N–H and O–H groups in total. The molecule has 0 bridgehead atoms. The van der Waals surface area contributed by atoms with E-state index in [1.54, 1.807) is 0 Å². The maximum atomic E-state index is 9.89. The van der Waals surface area contributed by atoms with Gasteiger partial charge in [0.1, 0.15) is 0 Å². The van der Waals surface area contributed by atoms with E-state index in [1.807, 2.05) is 0 Å². The Hall–Kier alpha value is 2.65. The molecule has 0 spiro atoms. The van der Waals surface area contributed by atoms with Gasteiger partial charge in [0, 0.05) is 6.42 Å². The molecule has 0 atom stereocenters. The summed E-state index contributed by atoms with van der Waals surface area (Å²) in [7, 11) is -4.02. The molecule has 0 aromatic carbocycles. The molecule has 11 heavy (non-hydrogen) atoms. The summed E-state index contributed by atoms with van der Waals surface area (Å²) in [4.78, 5) is 9.89. The molecule has 0 radical (unpaired) electrons. The quantitative estimate of drug-likeness (QED) is 0.414. The van der Waals surface area contributed by atoms with Gasteiger partial charge in [0.25, 0.3) is 10.1 Å². The van der Waals surface area contributed by atoms with E-state index in [-0.39, 0.29) is 109 Å². The summed E-state index contributed by atoms with van der Waals surface area (Å²) in [5.41, 5.74) is 4.59. The van der Waals surface area contributed by atoms with Crippen LogP contribution in [0.1, 0.15) is 6.42 Å². The molecule has 0 aromatic rings. The second-order valence-electron chi connectivity index (χ2n) is 1.50. The predicted octanol–water partition coefficient (Wildman–Crippen LogP) is -2.55. The van der Waals surface area contributed by atoms with E-state index in [4.69, 9.17) is 4.55 Å². The molecule has 0 rings (SSSR count). The zero-order valence-corrected chi connectivity index (χ0v) is 5.39. The molecular weight excluding hydrogens is 224 g/mol. The van der Waals surface area contributed by atoms with Crippen LogP contribution in [0.15, 0.2) is 0 Å². The van der Waals surface area contributed by atoms with Gasteiger partial charge in [-0.3, -0.25) is 9.35 Å². The number of amides is 1. The van der Waals surface area contributed by atoms with Gasteiger partial charge in [0.2, 0.25) is 5.91 Å². The zero-order chi connectivity index (χ0) is 7.49. The fourth-order valence-electron chi connectivity index (χ4n) is 0.230. The topological polar surface area (TPSA) is 97.5 Å². The fraction of sp³-hybridized carbons (Fsp3) is 0.667. The molecule has 0 saturated heterocycles. The first kappa shape index (κ1) is 19.3. The number of primary amides is 1. The summed E-state index contributed by atoms with van der Waals surface area (Å²) in [6.07, 6.45) is -0.334. The number of carbonyl (C=O) groups is 1. The van der Waals surface area contributed by atoms with Crippen molar-refractivity contribution in [2.45, 2.75) is 6.42 Å². The Labute approximate surface area is 150 Å². The van der Waals surface area contributed by atoms with Crippen LogP contribution < -0.4 is 5.73 Å². The molecule has 0 aliphatic carbocycles. The van der Waals surface area contributed by atoms with Crippen LogP contribution in [0.5, 0.6) is 0 Å². The number of carbonyl (C=O) groups excluding carboxylic acids is 1. The third kappa shape index (κ3) is 19.2. The van der Waals surface area contributed by atoms with Gasteiger partial charge in [-0.1, -0.05) is 0 Å². The number of hydrogen-bond acceptors (Lipinski definition) is 3. The Bertz CT molecular complexity index is 201. The summed E-state index contributed by atoms with van der Waals surface area (Å²) >= 11 is 0. The van der Waals surface area contributed by atoms with E-state index < -0.39 is 21.8 Å². The van der Waals surface area contributed by atoms with Crippen molar-refractivity contribution in [2.24, 2.45) is 5.73 Å². The molecular formula is C3H9K2NO4S. The summed E-state index contributed by atoms with van der Waals surface area (Å²) in [6, 6.07) is 0. The molecule has 0 aliphatic heterocycles. The zero-order valence-electron chi connectivity index (χ0n) is 4.57. The van der Waals surface area contributed by atoms with Crippen LogP contribution in [0.25, 0.3) is 0 Å². The van der Waals surface area contributed by atoms with E-state index in [9.17, 15) is 13.2 Å². The SMILES string of the molecule is NC(=O)CCS(=O)(=O)O.[KH].[KH]. The fourth-order valence-corrected chi connectivity index (χ4v) is 0.689. The molecule has 0 aromatic heterocycles. The molecule has 8 heteroatoms. The van der Waals surface area contributed by atoms with Crippen LogP contribution in [0.4, 0.5) is 0 Å². The molecule has 0 fully saturated rings. The van der Waals surface area contributed by atoms with Crippen molar-refractivity contribution < 1.29 is 17.8 Å². The third-order valence-corrected chi connectivity index (χ3v) is 1.33. The van der Waals surface area contributed by atoms with E-state index in [0.717, 1.165) is 0 Å². The Kier molecular flexibility index (Phi) is 16.1. The normalized spacial score (nSPS) is 9.18. The maximum absolute atomic E-state index is 9.89. The summed E-state index contributed by atoms with van der Waals surface area (Å²) in [5, 5.41) is 0. The first-order valence-electron chi connectivity index (χ1n) is 2.15. The Morgan fingerprint density at radius 3 is 1.82 bits per heavy atom. The van der Waals surface area contributed by atoms with E-state index in [2.05, 4.69) is 5.73 Å². The monoisotopic (exact) mass is 233 g/mol. The minimum atomic E-state index is -4.02. The van der Waals surface area contributed by atoms with Crippen molar-refractivity contribution in [3.63, 3.8) is 0 Å². The Morgan fingerprint density at radius 1 is 1.36 bits per heavy atom. The average Bonchev–Trinajstić information content (AvgIpc) is 1.59. The van der Waals surface area contributed by atoms with Crippen molar-refractivity contribution in [2.75, 3.05) is 5.75 Å². The third-order valence-electron chi connectivity index (χ3n) is 0.606. The van der Waals surface area contributed by atoms with Gasteiger partial charge in [-0.25, -0.2) is 0 Å². The second-order valence-corrected chi connectivity index (χ2v) is 3.07. The first-order chi connectivity index (χ1) is 3.92. The standard InChI is InChI=1S/C3H7NO4S.2K.2H/c4-3(5)1-2-9(6,7)8;;;;/h1-2H2,(H2,4,5)(H,6,7,8);;;;. The van der Waals surface area contributed by atoms with Crippen molar-refractivity contribution >= 4 is 119 Å². The summed E-state index contributed by atoms with van der Waals surface area (Å²) < 4.78 is 27.8. The van der Waals surface area contributed by atoms with Crippen LogP contribution in [-0.4, -0.2) is 127 Å². The van der Waals surface area contributed by atoms with E-state index >= 15 is 0 Å². The van der Waals surface area contributed by atoms with Gasteiger partial charge < -0.3 is 5.73 Å². The van der Waals surface area contributed by atoms with Crippen molar-refractivity contribution in [3.8, 4) is 0 Å². The van der Waals surface area contributed by atoms with Gasteiger partial charge in [-0.15, -0.1) is 0 Å². The Morgan fingerprint density at radius 2 is 1.73 bits per heavy atom. The molecule has 0 heterocycles.